The van der Waals surface area contributed by atoms with Gasteiger partial charge in [0.2, 0.25) is 0 Å². The summed E-state index contributed by atoms with van der Waals surface area (Å²) in [5, 5.41) is 8.76. The highest BCUT2D eigenvalue weighted by Gasteiger charge is 2.07. The molecular formula is C8H11ClN2O2. The predicted octanol–water partition coefficient (Wildman–Crippen LogP) is 1.12. The Bertz CT molecular complexity index is 304. The van der Waals surface area contributed by atoms with Crippen LogP contribution in [0.2, 0.25) is 5.15 Å². The second-order valence-electron chi connectivity index (χ2n) is 2.56. The minimum atomic E-state index is -0.0646. The number of hydrogen-bond donors (Lipinski definition) is 1. The molecule has 0 saturated heterocycles. The first-order valence-corrected chi connectivity index (χ1v) is 4.27. The standard InChI is InChI=1S/C8H11ClN2O2/c1-5-6(2)11-8(7(9)10-5)13-4-3-12/h12H,3-4H2,1-2H3. The lowest BCUT2D eigenvalue weighted by Crippen LogP contribution is -2.05. The fourth-order valence-corrected chi connectivity index (χ4v) is 1.01. The number of hydrogen-bond acceptors (Lipinski definition) is 4. The Kier molecular flexibility index (Phi) is 3.45. The summed E-state index contributed by atoms with van der Waals surface area (Å²) in [5.74, 6) is 0.277. The molecule has 0 spiro atoms. The number of rotatable bonds is 3. The van der Waals surface area contributed by atoms with Gasteiger partial charge in [0, 0.05) is 0 Å². The van der Waals surface area contributed by atoms with Gasteiger partial charge in [-0.15, -0.1) is 0 Å². The van der Waals surface area contributed by atoms with Crippen molar-refractivity contribution in [3.63, 3.8) is 0 Å². The first-order valence-electron chi connectivity index (χ1n) is 3.89. The van der Waals surface area contributed by atoms with E-state index in [0.29, 0.717) is 0 Å². The molecule has 5 heteroatoms. The minimum absolute atomic E-state index is 0.0646. The summed E-state index contributed by atoms with van der Waals surface area (Å²) in [6.07, 6.45) is 0. The van der Waals surface area contributed by atoms with Crippen molar-refractivity contribution in [2.45, 2.75) is 13.8 Å². The topological polar surface area (TPSA) is 55.2 Å². The SMILES string of the molecule is Cc1nc(Cl)c(OCCO)nc1C. The van der Waals surface area contributed by atoms with Crippen LogP contribution in [0.4, 0.5) is 0 Å². The van der Waals surface area contributed by atoms with Crippen molar-refractivity contribution < 1.29 is 9.84 Å². The summed E-state index contributed by atoms with van der Waals surface area (Å²) in [6, 6.07) is 0. The van der Waals surface area contributed by atoms with Gasteiger partial charge in [-0.25, -0.2) is 9.97 Å². The van der Waals surface area contributed by atoms with Gasteiger partial charge >= 0.3 is 0 Å². The molecule has 1 N–H and O–H groups in total. The van der Waals surface area contributed by atoms with Crippen molar-refractivity contribution in [2.24, 2.45) is 0 Å². The molecule has 72 valence electrons. The Balaban J connectivity index is 2.88. The number of nitrogens with zero attached hydrogens (tertiary/aromatic N) is 2. The van der Waals surface area contributed by atoms with Crippen molar-refractivity contribution in [3.05, 3.63) is 16.5 Å². The highest BCUT2D eigenvalue weighted by Crippen LogP contribution is 2.20. The van der Waals surface area contributed by atoms with Crippen LogP contribution in [0.25, 0.3) is 0 Å². The molecule has 1 heterocycles. The minimum Gasteiger partial charge on any atom is -0.473 e. The van der Waals surface area contributed by atoms with Gasteiger partial charge in [0.1, 0.15) is 6.61 Å². The number of aliphatic hydroxyl groups is 1. The number of ether oxygens (including phenoxy) is 1. The van der Waals surface area contributed by atoms with Gasteiger partial charge < -0.3 is 9.84 Å². The number of aryl methyl sites for hydroxylation is 2. The van der Waals surface area contributed by atoms with E-state index in [-0.39, 0.29) is 24.2 Å². The molecule has 1 aromatic rings. The van der Waals surface area contributed by atoms with Gasteiger partial charge in [-0.2, -0.15) is 0 Å². The van der Waals surface area contributed by atoms with Crippen LogP contribution in [0.5, 0.6) is 5.88 Å². The van der Waals surface area contributed by atoms with E-state index < -0.39 is 0 Å². The molecule has 0 amide bonds. The maximum Gasteiger partial charge on any atom is 0.252 e. The Morgan fingerprint density at radius 1 is 1.31 bits per heavy atom. The van der Waals surface area contributed by atoms with Gasteiger partial charge in [-0.05, 0) is 13.8 Å². The van der Waals surface area contributed by atoms with Gasteiger partial charge in [-0.3, -0.25) is 0 Å². The molecule has 0 radical (unpaired) electrons. The van der Waals surface area contributed by atoms with E-state index in [4.69, 9.17) is 21.4 Å². The second-order valence-corrected chi connectivity index (χ2v) is 2.92. The lowest BCUT2D eigenvalue weighted by Gasteiger charge is -2.06. The van der Waals surface area contributed by atoms with Crippen molar-refractivity contribution >= 4 is 11.6 Å². The molecule has 1 aromatic heterocycles. The zero-order chi connectivity index (χ0) is 9.84. The average molecular weight is 203 g/mol. The van der Waals surface area contributed by atoms with Crippen molar-refractivity contribution in [1.29, 1.82) is 0 Å². The fraction of sp³-hybridized carbons (Fsp3) is 0.500. The first kappa shape index (κ1) is 10.2. The molecule has 1 rings (SSSR count). The summed E-state index contributed by atoms with van der Waals surface area (Å²) >= 11 is 5.76. The first-order chi connectivity index (χ1) is 6.15. The summed E-state index contributed by atoms with van der Waals surface area (Å²) in [4.78, 5) is 8.10. The van der Waals surface area contributed by atoms with E-state index in [1.165, 1.54) is 0 Å². The number of aliphatic hydroxyl groups excluding tert-OH is 1. The van der Waals surface area contributed by atoms with Gasteiger partial charge in [0.15, 0.2) is 5.15 Å². The Hall–Kier alpha value is -0.870. The van der Waals surface area contributed by atoms with Gasteiger partial charge in [0.05, 0.1) is 18.0 Å². The van der Waals surface area contributed by atoms with Crippen LogP contribution in [-0.4, -0.2) is 28.3 Å². The molecule has 0 aliphatic rings. The third kappa shape index (κ3) is 2.54. The number of aromatic nitrogens is 2. The monoisotopic (exact) mass is 202 g/mol. The highest BCUT2D eigenvalue weighted by molar-refractivity contribution is 6.30. The molecule has 0 atom stereocenters. The van der Waals surface area contributed by atoms with E-state index in [2.05, 4.69) is 9.97 Å². The van der Waals surface area contributed by atoms with E-state index in [1.807, 2.05) is 13.8 Å². The molecule has 0 aliphatic heterocycles. The summed E-state index contributed by atoms with van der Waals surface area (Å²) < 4.78 is 5.07. The largest absolute Gasteiger partial charge is 0.473 e. The van der Waals surface area contributed by atoms with Crippen molar-refractivity contribution in [3.8, 4) is 5.88 Å². The average Bonchev–Trinajstić information content (AvgIpc) is 2.09. The van der Waals surface area contributed by atoms with Crippen molar-refractivity contribution in [1.82, 2.24) is 9.97 Å². The van der Waals surface area contributed by atoms with Crippen LogP contribution < -0.4 is 4.74 Å². The lowest BCUT2D eigenvalue weighted by molar-refractivity contribution is 0.196. The second kappa shape index (κ2) is 4.39. The third-order valence-electron chi connectivity index (χ3n) is 1.57. The smallest absolute Gasteiger partial charge is 0.252 e. The number of halogens is 1. The van der Waals surface area contributed by atoms with E-state index >= 15 is 0 Å². The third-order valence-corrected chi connectivity index (χ3v) is 1.81. The fourth-order valence-electron chi connectivity index (χ4n) is 0.789. The van der Waals surface area contributed by atoms with Crippen LogP contribution in [0, 0.1) is 13.8 Å². The zero-order valence-electron chi connectivity index (χ0n) is 7.54. The summed E-state index contributed by atoms with van der Waals surface area (Å²) in [6.45, 7) is 3.76. The molecule has 0 fully saturated rings. The molecule has 0 aromatic carbocycles. The molecule has 0 saturated carbocycles. The Morgan fingerprint density at radius 2 is 1.92 bits per heavy atom. The quantitative estimate of drug-likeness (QED) is 0.798. The summed E-state index contributed by atoms with van der Waals surface area (Å²) in [5.41, 5.74) is 1.55. The summed E-state index contributed by atoms with van der Waals surface area (Å²) in [7, 11) is 0. The van der Waals surface area contributed by atoms with E-state index in [0.717, 1.165) is 11.4 Å². The van der Waals surface area contributed by atoms with E-state index in [1.54, 1.807) is 0 Å². The maximum atomic E-state index is 8.53. The van der Waals surface area contributed by atoms with Gasteiger partial charge in [0.25, 0.3) is 5.88 Å². The highest BCUT2D eigenvalue weighted by atomic mass is 35.5. The van der Waals surface area contributed by atoms with Gasteiger partial charge in [-0.1, -0.05) is 11.6 Å². The van der Waals surface area contributed by atoms with Crippen LogP contribution in [0.3, 0.4) is 0 Å². The van der Waals surface area contributed by atoms with Crippen LogP contribution in [-0.2, 0) is 0 Å². The Labute approximate surface area is 81.5 Å². The van der Waals surface area contributed by atoms with E-state index in [9.17, 15) is 0 Å². The maximum absolute atomic E-state index is 8.53. The predicted molar refractivity (Wildman–Crippen MR) is 49.1 cm³/mol. The van der Waals surface area contributed by atoms with Crippen LogP contribution in [0.1, 0.15) is 11.4 Å². The molecule has 13 heavy (non-hydrogen) atoms. The molecule has 0 bridgehead atoms. The normalized spacial score (nSPS) is 10.2. The molecule has 4 nitrogen and oxygen atoms in total. The van der Waals surface area contributed by atoms with Crippen molar-refractivity contribution in [2.75, 3.05) is 13.2 Å². The van der Waals surface area contributed by atoms with Crippen LogP contribution >= 0.6 is 11.6 Å². The lowest BCUT2D eigenvalue weighted by atomic mass is 10.3. The van der Waals surface area contributed by atoms with Crippen LogP contribution in [0.15, 0.2) is 0 Å². The Morgan fingerprint density at radius 3 is 2.54 bits per heavy atom. The molecular weight excluding hydrogens is 192 g/mol. The molecule has 0 unspecified atom stereocenters. The zero-order valence-corrected chi connectivity index (χ0v) is 8.30. The molecule has 0 aliphatic carbocycles.